The van der Waals surface area contributed by atoms with Crippen molar-refractivity contribution in [2.24, 2.45) is 0 Å². The fourth-order valence-electron chi connectivity index (χ4n) is 4.11. The molecular formula is C25H20N4O3S. The molecule has 4 heterocycles. The van der Waals surface area contributed by atoms with Crippen LogP contribution in [0.5, 0.6) is 0 Å². The molecule has 1 aliphatic heterocycles. The summed E-state index contributed by atoms with van der Waals surface area (Å²) in [6, 6.07) is 19.6. The Morgan fingerprint density at radius 1 is 1.03 bits per heavy atom. The Hall–Kier alpha value is -4.04. The molecule has 5 rings (SSSR count). The number of nitrogens with one attached hydrogen (secondary N) is 1. The van der Waals surface area contributed by atoms with Gasteiger partial charge in [0, 0.05) is 30.7 Å². The van der Waals surface area contributed by atoms with Crippen LogP contribution in [-0.4, -0.2) is 31.1 Å². The van der Waals surface area contributed by atoms with Gasteiger partial charge in [0.15, 0.2) is 5.11 Å². The van der Waals surface area contributed by atoms with Gasteiger partial charge < -0.3 is 19.7 Å². The molecule has 0 aliphatic carbocycles. The number of thiocarbonyl (C=S) groups is 1. The van der Waals surface area contributed by atoms with E-state index in [-0.39, 0.29) is 17.6 Å². The lowest BCUT2D eigenvalue weighted by molar-refractivity contribution is 0.0697. The van der Waals surface area contributed by atoms with Crippen molar-refractivity contribution >= 4 is 23.3 Å². The first-order chi connectivity index (χ1) is 16.1. The van der Waals surface area contributed by atoms with Gasteiger partial charge in [-0.05, 0) is 60.2 Å². The number of carboxylic acid groups (broad SMARTS) is 1. The number of furan rings is 1. The topological polar surface area (TPSA) is 91.5 Å². The minimum absolute atomic E-state index is 0.188. The highest BCUT2D eigenvalue weighted by atomic mass is 32.1. The van der Waals surface area contributed by atoms with E-state index in [1.54, 1.807) is 48.9 Å². The first-order valence-electron chi connectivity index (χ1n) is 10.4. The third-order valence-electron chi connectivity index (χ3n) is 5.64. The molecule has 0 amide bonds. The molecule has 0 unspecified atom stereocenters. The summed E-state index contributed by atoms with van der Waals surface area (Å²) < 4.78 is 6.27. The largest absolute Gasteiger partial charge is 0.478 e. The number of carbonyl (C=O) groups is 1. The van der Waals surface area contributed by atoms with E-state index < -0.39 is 5.97 Å². The molecule has 2 N–H and O–H groups in total. The van der Waals surface area contributed by atoms with Crippen LogP contribution in [0, 0.1) is 0 Å². The maximum absolute atomic E-state index is 11.7. The summed E-state index contributed by atoms with van der Waals surface area (Å²) in [6.07, 6.45) is 5.25. The lowest BCUT2D eigenvalue weighted by Gasteiger charge is -2.26. The van der Waals surface area contributed by atoms with E-state index in [0.717, 1.165) is 11.3 Å². The lowest BCUT2D eigenvalue weighted by Crippen LogP contribution is -2.29. The Labute approximate surface area is 195 Å². The fraction of sp³-hybridized carbons (Fsp3) is 0.120. The van der Waals surface area contributed by atoms with Crippen molar-refractivity contribution in [2.75, 3.05) is 0 Å². The van der Waals surface area contributed by atoms with E-state index in [0.29, 0.717) is 28.7 Å². The second kappa shape index (κ2) is 8.84. The Morgan fingerprint density at radius 2 is 1.82 bits per heavy atom. The molecule has 1 fully saturated rings. The second-order valence-electron chi connectivity index (χ2n) is 7.66. The first kappa shape index (κ1) is 20.8. The zero-order chi connectivity index (χ0) is 22.8. The number of rotatable bonds is 6. The van der Waals surface area contributed by atoms with Crippen molar-refractivity contribution in [2.45, 2.75) is 18.6 Å². The molecule has 3 aromatic heterocycles. The third-order valence-corrected chi connectivity index (χ3v) is 5.99. The predicted octanol–water partition coefficient (Wildman–Crippen LogP) is 4.61. The van der Waals surface area contributed by atoms with Crippen LogP contribution in [-0.2, 0) is 6.54 Å². The van der Waals surface area contributed by atoms with Crippen LogP contribution in [0.1, 0.15) is 39.5 Å². The van der Waals surface area contributed by atoms with E-state index in [1.807, 2.05) is 36.4 Å². The van der Waals surface area contributed by atoms with Crippen molar-refractivity contribution < 1.29 is 14.3 Å². The summed E-state index contributed by atoms with van der Waals surface area (Å²) in [5, 5.41) is 13.6. The van der Waals surface area contributed by atoms with Gasteiger partial charge in [-0.25, -0.2) is 4.79 Å². The first-order valence-corrected chi connectivity index (χ1v) is 10.8. The van der Waals surface area contributed by atoms with Crippen LogP contribution >= 0.6 is 12.2 Å². The quantitative estimate of drug-likeness (QED) is 0.407. The standard InChI is InChI=1S/C25H20N4O3S/c30-24(31)18-6-2-1-5-17(18)20-8-9-21(32-20)23-22(19-7-3-4-12-27-19)28-25(33)29(23)15-16-10-13-26-14-11-16/h1-14,22-23H,15H2,(H,28,33)(H,30,31)/t22-,23-/m1/s1. The van der Waals surface area contributed by atoms with E-state index in [2.05, 4.69) is 20.2 Å². The molecule has 4 aromatic rings. The molecule has 0 radical (unpaired) electrons. The maximum Gasteiger partial charge on any atom is 0.336 e. The van der Waals surface area contributed by atoms with Crippen LogP contribution in [0.2, 0.25) is 0 Å². The predicted molar refractivity (Wildman–Crippen MR) is 126 cm³/mol. The van der Waals surface area contributed by atoms with Crippen molar-refractivity contribution in [1.29, 1.82) is 0 Å². The van der Waals surface area contributed by atoms with Crippen molar-refractivity contribution in [3.8, 4) is 11.3 Å². The molecule has 33 heavy (non-hydrogen) atoms. The summed E-state index contributed by atoms with van der Waals surface area (Å²) in [7, 11) is 0. The fourth-order valence-corrected chi connectivity index (χ4v) is 4.42. The zero-order valence-electron chi connectivity index (χ0n) is 17.5. The van der Waals surface area contributed by atoms with Crippen LogP contribution in [0.25, 0.3) is 11.3 Å². The Balaban J connectivity index is 1.56. The highest BCUT2D eigenvalue weighted by Crippen LogP contribution is 2.41. The molecule has 1 saturated heterocycles. The SMILES string of the molecule is O=C(O)c1ccccc1-c1ccc([C@@H]2[C@@H](c3ccccn3)NC(=S)N2Cc2ccncc2)o1. The zero-order valence-corrected chi connectivity index (χ0v) is 18.3. The van der Waals surface area contributed by atoms with Gasteiger partial charge in [0.05, 0.1) is 17.3 Å². The van der Waals surface area contributed by atoms with Gasteiger partial charge in [-0.1, -0.05) is 24.3 Å². The molecule has 0 bridgehead atoms. The van der Waals surface area contributed by atoms with Crippen LogP contribution in [0.15, 0.2) is 89.7 Å². The van der Waals surface area contributed by atoms with Crippen LogP contribution in [0.3, 0.4) is 0 Å². The second-order valence-corrected chi connectivity index (χ2v) is 8.05. The van der Waals surface area contributed by atoms with Crippen molar-refractivity contribution in [3.05, 3.63) is 108 Å². The van der Waals surface area contributed by atoms with Gasteiger partial charge in [0.1, 0.15) is 17.6 Å². The smallest absolute Gasteiger partial charge is 0.336 e. The summed E-state index contributed by atoms with van der Waals surface area (Å²) in [5.41, 5.74) is 2.61. The van der Waals surface area contributed by atoms with Crippen LogP contribution in [0.4, 0.5) is 0 Å². The minimum atomic E-state index is -1.00. The van der Waals surface area contributed by atoms with Gasteiger partial charge in [-0.15, -0.1) is 0 Å². The lowest BCUT2D eigenvalue weighted by atomic mass is 10.0. The molecular weight excluding hydrogens is 436 g/mol. The third kappa shape index (κ3) is 4.08. The highest BCUT2D eigenvalue weighted by molar-refractivity contribution is 7.80. The summed E-state index contributed by atoms with van der Waals surface area (Å²) in [6.45, 7) is 0.560. The monoisotopic (exact) mass is 456 g/mol. The molecule has 7 nitrogen and oxygen atoms in total. The van der Waals surface area contributed by atoms with Gasteiger partial charge in [-0.2, -0.15) is 0 Å². The minimum Gasteiger partial charge on any atom is -0.478 e. The molecule has 1 aliphatic rings. The summed E-state index contributed by atoms with van der Waals surface area (Å²) in [4.78, 5) is 22.4. The Morgan fingerprint density at radius 3 is 2.58 bits per heavy atom. The highest BCUT2D eigenvalue weighted by Gasteiger charge is 2.41. The average molecular weight is 457 g/mol. The number of hydrogen-bond donors (Lipinski definition) is 2. The number of nitrogens with zero attached hydrogens (tertiary/aromatic N) is 3. The van der Waals surface area contributed by atoms with Crippen molar-refractivity contribution in [1.82, 2.24) is 20.2 Å². The number of hydrogen-bond acceptors (Lipinski definition) is 5. The number of benzene rings is 1. The van der Waals surface area contributed by atoms with E-state index in [4.69, 9.17) is 16.6 Å². The van der Waals surface area contributed by atoms with E-state index in [1.165, 1.54) is 0 Å². The Bertz CT molecular complexity index is 1290. The molecule has 164 valence electrons. The number of pyridine rings is 2. The Kier molecular flexibility index (Phi) is 5.58. The van der Waals surface area contributed by atoms with E-state index >= 15 is 0 Å². The maximum atomic E-state index is 11.7. The van der Waals surface area contributed by atoms with Crippen LogP contribution < -0.4 is 5.32 Å². The van der Waals surface area contributed by atoms with Gasteiger partial charge in [0.25, 0.3) is 0 Å². The molecule has 1 aromatic carbocycles. The van der Waals surface area contributed by atoms with Gasteiger partial charge >= 0.3 is 5.97 Å². The number of carboxylic acids is 1. The summed E-state index contributed by atoms with van der Waals surface area (Å²) in [5.74, 6) is 0.157. The molecule has 0 spiro atoms. The molecule has 0 saturated carbocycles. The number of aromatic carboxylic acids is 1. The average Bonchev–Trinajstić information content (AvgIpc) is 3.45. The summed E-state index contributed by atoms with van der Waals surface area (Å²) >= 11 is 5.70. The van der Waals surface area contributed by atoms with Gasteiger partial charge in [0.2, 0.25) is 0 Å². The molecule has 8 heteroatoms. The number of aromatic nitrogens is 2. The van der Waals surface area contributed by atoms with Crippen molar-refractivity contribution in [3.63, 3.8) is 0 Å². The van der Waals surface area contributed by atoms with Gasteiger partial charge in [-0.3, -0.25) is 9.97 Å². The molecule has 2 atom stereocenters. The van der Waals surface area contributed by atoms with E-state index in [9.17, 15) is 9.90 Å². The normalized spacial score (nSPS) is 17.7.